The number of nitrogen functional groups attached to an aromatic ring is 2. The molecule has 0 aliphatic heterocycles. The molecule has 0 radical (unpaired) electrons. The van der Waals surface area contributed by atoms with E-state index in [9.17, 15) is 14.4 Å². The average molecular weight is 592 g/mol. The summed E-state index contributed by atoms with van der Waals surface area (Å²) in [5.74, 6) is -0.333. The number of nitrogens with two attached hydrogens (primary N) is 2. The van der Waals surface area contributed by atoms with Gasteiger partial charge in [-0.1, -0.05) is 38.1 Å². The van der Waals surface area contributed by atoms with Crippen LogP contribution in [-0.4, -0.2) is 31.6 Å². The van der Waals surface area contributed by atoms with Gasteiger partial charge in [-0.25, -0.2) is 4.79 Å². The lowest BCUT2D eigenvalue weighted by atomic mass is 9.97. The van der Waals surface area contributed by atoms with E-state index in [1.807, 2.05) is 60.7 Å². The van der Waals surface area contributed by atoms with E-state index in [4.69, 9.17) is 16.2 Å². The summed E-state index contributed by atoms with van der Waals surface area (Å²) in [5.41, 5.74) is 23.8. The minimum atomic E-state index is -0.508. The van der Waals surface area contributed by atoms with E-state index in [1.165, 1.54) is 29.3 Å². The summed E-state index contributed by atoms with van der Waals surface area (Å²) >= 11 is 0. The number of benzene rings is 4. The SMILES string of the molecule is CCC(=O)Nc1ccc2c(c1)C(COC(=O)NC)c1cc(NC(=O)CC)ccc1-2.Nc1ccc2c(c1)Cc1cc(N)ccc1-2. The highest BCUT2D eigenvalue weighted by Gasteiger charge is 2.30. The first-order valence-corrected chi connectivity index (χ1v) is 14.7. The van der Waals surface area contributed by atoms with Gasteiger partial charge in [0.2, 0.25) is 11.8 Å². The van der Waals surface area contributed by atoms with E-state index in [-0.39, 0.29) is 24.3 Å². The summed E-state index contributed by atoms with van der Waals surface area (Å²) < 4.78 is 5.35. The van der Waals surface area contributed by atoms with Crippen LogP contribution >= 0.6 is 0 Å². The van der Waals surface area contributed by atoms with Crippen molar-refractivity contribution < 1.29 is 19.1 Å². The van der Waals surface area contributed by atoms with Gasteiger partial charge in [0.25, 0.3) is 0 Å². The molecule has 9 nitrogen and oxygen atoms in total. The molecule has 0 saturated carbocycles. The molecule has 4 aromatic rings. The van der Waals surface area contributed by atoms with E-state index in [0.717, 1.165) is 40.0 Å². The van der Waals surface area contributed by atoms with Crippen LogP contribution in [-0.2, 0) is 20.7 Å². The number of nitrogens with one attached hydrogen (secondary N) is 3. The summed E-state index contributed by atoms with van der Waals surface area (Å²) in [7, 11) is 1.51. The maximum Gasteiger partial charge on any atom is 0.406 e. The van der Waals surface area contributed by atoms with Crippen molar-refractivity contribution >= 4 is 40.7 Å². The van der Waals surface area contributed by atoms with Crippen molar-refractivity contribution in [3.05, 3.63) is 95.1 Å². The third kappa shape index (κ3) is 6.36. The Bertz CT molecular complexity index is 1630. The van der Waals surface area contributed by atoms with E-state index in [0.29, 0.717) is 24.2 Å². The Morgan fingerprint density at radius 1 is 0.705 bits per heavy atom. The topological polar surface area (TPSA) is 149 Å². The molecule has 7 N–H and O–H groups in total. The lowest BCUT2D eigenvalue weighted by molar-refractivity contribution is -0.116. The van der Waals surface area contributed by atoms with Crippen molar-refractivity contribution in [1.29, 1.82) is 0 Å². The molecule has 2 aliphatic carbocycles. The van der Waals surface area contributed by atoms with Crippen LogP contribution in [0, 0.1) is 0 Å². The van der Waals surface area contributed by atoms with Crippen molar-refractivity contribution in [3.63, 3.8) is 0 Å². The average Bonchev–Trinajstić information content (AvgIpc) is 3.52. The van der Waals surface area contributed by atoms with Gasteiger partial charge in [0.1, 0.15) is 6.61 Å². The predicted molar refractivity (Wildman–Crippen MR) is 175 cm³/mol. The molecule has 0 unspecified atom stereocenters. The van der Waals surface area contributed by atoms with Gasteiger partial charge < -0.3 is 32.2 Å². The Morgan fingerprint density at radius 2 is 1.16 bits per heavy atom. The quantitative estimate of drug-likeness (QED) is 0.147. The second-order valence-corrected chi connectivity index (χ2v) is 10.8. The Morgan fingerprint density at radius 3 is 1.59 bits per heavy atom. The molecule has 0 fully saturated rings. The van der Waals surface area contributed by atoms with E-state index < -0.39 is 6.09 Å². The number of ether oxygens (including phenoxy) is 1. The molecule has 9 heteroatoms. The third-order valence-corrected chi connectivity index (χ3v) is 7.87. The number of carbonyl (C=O) groups is 3. The van der Waals surface area contributed by atoms with Crippen molar-refractivity contribution in [2.45, 2.75) is 39.0 Å². The van der Waals surface area contributed by atoms with Crippen molar-refractivity contribution in [1.82, 2.24) is 5.32 Å². The monoisotopic (exact) mass is 591 g/mol. The Labute approximate surface area is 257 Å². The number of hydrogen-bond acceptors (Lipinski definition) is 6. The molecule has 3 amide bonds. The van der Waals surface area contributed by atoms with Gasteiger partial charge in [0, 0.05) is 48.6 Å². The molecule has 6 rings (SSSR count). The van der Waals surface area contributed by atoms with Crippen LogP contribution in [0.25, 0.3) is 22.3 Å². The maximum atomic E-state index is 11.8. The smallest absolute Gasteiger partial charge is 0.406 e. The van der Waals surface area contributed by atoms with Crippen LogP contribution in [0.2, 0.25) is 0 Å². The van der Waals surface area contributed by atoms with Crippen molar-refractivity contribution in [2.24, 2.45) is 0 Å². The summed E-state index contributed by atoms with van der Waals surface area (Å²) in [6, 6.07) is 23.7. The predicted octanol–water partition coefficient (Wildman–Crippen LogP) is 6.27. The van der Waals surface area contributed by atoms with E-state index in [2.05, 4.69) is 28.1 Å². The van der Waals surface area contributed by atoms with E-state index in [1.54, 1.807) is 13.8 Å². The fraction of sp³-hybridized carbons (Fsp3) is 0.229. The number of carbonyl (C=O) groups excluding carboxylic acids is 3. The number of hydrogen-bond donors (Lipinski definition) is 5. The number of anilines is 4. The van der Waals surface area contributed by atoms with Crippen molar-refractivity contribution in [3.8, 4) is 22.3 Å². The summed E-state index contributed by atoms with van der Waals surface area (Å²) in [4.78, 5) is 35.2. The van der Waals surface area contributed by atoms with Crippen LogP contribution in [0.3, 0.4) is 0 Å². The first-order chi connectivity index (χ1) is 21.2. The van der Waals surface area contributed by atoms with Gasteiger partial charge >= 0.3 is 6.09 Å². The normalized spacial score (nSPS) is 12.1. The van der Waals surface area contributed by atoms with Crippen LogP contribution < -0.4 is 27.4 Å². The molecule has 226 valence electrons. The number of alkyl carbamates (subject to hydrolysis) is 1. The lowest BCUT2D eigenvalue weighted by Gasteiger charge is -2.16. The number of amides is 3. The highest BCUT2D eigenvalue weighted by atomic mass is 16.5. The largest absolute Gasteiger partial charge is 0.449 e. The van der Waals surface area contributed by atoms with E-state index >= 15 is 0 Å². The van der Waals surface area contributed by atoms with Crippen LogP contribution in [0.5, 0.6) is 0 Å². The van der Waals surface area contributed by atoms with Crippen LogP contribution in [0.15, 0.2) is 72.8 Å². The zero-order chi connectivity index (χ0) is 31.4. The Kier molecular flexibility index (Phi) is 8.85. The van der Waals surface area contributed by atoms with Crippen LogP contribution in [0.4, 0.5) is 27.5 Å². The summed E-state index contributed by atoms with van der Waals surface area (Å²) in [5, 5.41) is 8.20. The fourth-order valence-electron chi connectivity index (χ4n) is 5.68. The van der Waals surface area contributed by atoms with Gasteiger partial charge in [0.15, 0.2) is 0 Å². The Hall–Kier alpha value is -5.31. The van der Waals surface area contributed by atoms with Gasteiger partial charge in [0.05, 0.1) is 0 Å². The zero-order valence-electron chi connectivity index (χ0n) is 25.1. The van der Waals surface area contributed by atoms with Crippen molar-refractivity contribution in [2.75, 3.05) is 35.8 Å². The lowest BCUT2D eigenvalue weighted by Crippen LogP contribution is -2.22. The number of fused-ring (bicyclic) bond motifs is 6. The molecule has 0 heterocycles. The fourth-order valence-corrected chi connectivity index (χ4v) is 5.68. The summed E-state index contributed by atoms with van der Waals surface area (Å²) in [6.45, 7) is 3.74. The second-order valence-electron chi connectivity index (χ2n) is 10.8. The first kappa shape index (κ1) is 30.2. The van der Waals surface area contributed by atoms with Crippen LogP contribution in [0.1, 0.15) is 54.9 Å². The minimum Gasteiger partial charge on any atom is -0.449 e. The molecular weight excluding hydrogens is 554 g/mol. The van der Waals surface area contributed by atoms with Gasteiger partial charge in [-0.2, -0.15) is 0 Å². The number of rotatable bonds is 6. The highest BCUT2D eigenvalue weighted by molar-refractivity contribution is 5.93. The molecule has 0 bridgehead atoms. The highest BCUT2D eigenvalue weighted by Crippen LogP contribution is 2.47. The standard InChI is InChI=1S/C22H25N3O4.C13H12N2/c1-4-20(26)24-13-6-8-15-16-9-7-14(25-21(27)5-2)11-18(16)19(17(15)10-13)12-29-22(28)23-3;14-10-1-3-12-8(6-10)5-9-7-11(15)2-4-13(9)12/h6-11,19H,4-5,12H2,1-3H3,(H,23,28)(H,24,26)(H,25,27);1-4,6-7H,5,14-15H2. The summed E-state index contributed by atoms with van der Waals surface area (Å²) in [6.07, 6.45) is 1.22. The molecule has 2 aliphatic rings. The van der Waals surface area contributed by atoms with Gasteiger partial charge in [-0.05, 0) is 99.5 Å². The van der Waals surface area contributed by atoms with Gasteiger partial charge in [-0.3, -0.25) is 9.59 Å². The molecule has 0 atom stereocenters. The molecule has 44 heavy (non-hydrogen) atoms. The van der Waals surface area contributed by atoms with Gasteiger partial charge in [-0.15, -0.1) is 0 Å². The molecule has 0 saturated heterocycles. The molecule has 0 spiro atoms. The maximum absolute atomic E-state index is 11.8. The molecule has 4 aromatic carbocycles. The molecular formula is C35H37N5O4. The zero-order valence-corrected chi connectivity index (χ0v) is 25.1. The Balaban J connectivity index is 0.000000212. The minimum absolute atomic E-state index is 0.0665. The first-order valence-electron chi connectivity index (χ1n) is 14.7. The molecule has 0 aromatic heterocycles. The third-order valence-electron chi connectivity index (χ3n) is 7.87. The second kappa shape index (κ2) is 12.9.